The van der Waals surface area contributed by atoms with Crippen LogP contribution in [0.4, 0.5) is 0 Å². The van der Waals surface area contributed by atoms with Crippen molar-refractivity contribution >= 4 is 0 Å². The summed E-state index contributed by atoms with van der Waals surface area (Å²) in [6, 6.07) is 2.78. The number of hydrogen-bond donors (Lipinski definition) is 1. The van der Waals surface area contributed by atoms with Crippen LogP contribution < -0.4 is 5.32 Å². The Hall–Kier alpha value is -1.55. The third-order valence-corrected chi connectivity index (χ3v) is 3.12. The summed E-state index contributed by atoms with van der Waals surface area (Å²) >= 11 is 0. The second kappa shape index (κ2) is 5.40. The molecule has 2 rings (SSSR count). The highest BCUT2D eigenvalue weighted by atomic mass is 16.3. The minimum absolute atomic E-state index is 0.293. The molecule has 0 fully saturated rings. The first kappa shape index (κ1) is 12.9. The molecule has 2 heterocycles. The quantitative estimate of drug-likeness (QED) is 0.883. The molecule has 2 atom stereocenters. The summed E-state index contributed by atoms with van der Waals surface area (Å²) < 4.78 is 7.65. The van der Waals surface area contributed by atoms with E-state index in [4.69, 9.17) is 4.42 Å². The Bertz CT molecular complexity index is 487. The van der Waals surface area contributed by atoms with Crippen LogP contribution >= 0.6 is 0 Å². The van der Waals surface area contributed by atoms with Gasteiger partial charge < -0.3 is 14.3 Å². The van der Waals surface area contributed by atoms with Gasteiger partial charge in [-0.15, -0.1) is 0 Å². The molecular formula is C14H21N3O. The second-order valence-corrected chi connectivity index (χ2v) is 4.92. The van der Waals surface area contributed by atoms with E-state index in [9.17, 15) is 0 Å². The summed E-state index contributed by atoms with van der Waals surface area (Å²) in [5.74, 6) is 1.97. The maximum absolute atomic E-state index is 5.57. The van der Waals surface area contributed by atoms with Crippen LogP contribution in [-0.4, -0.2) is 15.6 Å². The van der Waals surface area contributed by atoms with Crippen molar-refractivity contribution in [1.29, 1.82) is 0 Å². The molecule has 0 bridgehead atoms. The van der Waals surface area contributed by atoms with Crippen LogP contribution in [0.15, 0.2) is 29.2 Å². The van der Waals surface area contributed by atoms with E-state index in [1.807, 2.05) is 26.4 Å². The summed E-state index contributed by atoms with van der Waals surface area (Å²) in [5.41, 5.74) is 1.24. The monoisotopic (exact) mass is 247 g/mol. The van der Waals surface area contributed by atoms with Crippen molar-refractivity contribution in [3.8, 4) is 0 Å². The summed E-state index contributed by atoms with van der Waals surface area (Å²) in [6.45, 7) is 9.26. The first-order valence-electron chi connectivity index (χ1n) is 6.35. The maximum atomic E-state index is 5.57. The van der Waals surface area contributed by atoms with E-state index in [-0.39, 0.29) is 0 Å². The lowest BCUT2D eigenvalue weighted by atomic mass is 10.1. The minimum atomic E-state index is 0.293. The number of hydrogen-bond acceptors (Lipinski definition) is 3. The Labute approximate surface area is 108 Å². The summed E-state index contributed by atoms with van der Waals surface area (Å²) in [5, 5.41) is 3.58. The van der Waals surface area contributed by atoms with Crippen molar-refractivity contribution in [2.45, 2.75) is 46.3 Å². The van der Waals surface area contributed by atoms with E-state index in [0.717, 1.165) is 18.1 Å². The fourth-order valence-electron chi connectivity index (χ4n) is 2.36. The molecule has 0 radical (unpaired) electrons. The van der Waals surface area contributed by atoms with Crippen LogP contribution in [0.2, 0.25) is 0 Å². The molecule has 98 valence electrons. The third kappa shape index (κ3) is 3.01. The number of aromatic nitrogens is 2. The van der Waals surface area contributed by atoms with E-state index in [1.165, 1.54) is 5.56 Å². The van der Waals surface area contributed by atoms with Crippen LogP contribution in [0.3, 0.4) is 0 Å². The molecule has 0 saturated carbocycles. The zero-order chi connectivity index (χ0) is 13.1. The Morgan fingerprint density at radius 1 is 1.39 bits per heavy atom. The van der Waals surface area contributed by atoms with Gasteiger partial charge in [0.2, 0.25) is 0 Å². The van der Waals surface area contributed by atoms with Gasteiger partial charge in [0, 0.05) is 36.6 Å². The maximum Gasteiger partial charge on any atom is 0.105 e. The van der Waals surface area contributed by atoms with Gasteiger partial charge in [-0.25, -0.2) is 4.98 Å². The number of nitrogens with zero attached hydrogens (tertiary/aromatic N) is 2. The first-order valence-corrected chi connectivity index (χ1v) is 6.35. The SMILES string of the molecule is Cc1cc(C(C)NC(C)Cn2ccnc2)c(C)o1. The van der Waals surface area contributed by atoms with Crippen LogP contribution in [-0.2, 0) is 6.54 Å². The molecule has 0 amide bonds. The van der Waals surface area contributed by atoms with E-state index >= 15 is 0 Å². The molecule has 1 N–H and O–H groups in total. The third-order valence-electron chi connectivity index (χ3n) is 3.12. The molecule has 2 aromatic heterocycles. The Morgan fingerprint density at radius 3 is 2.72 bits per heavy atom. The fraction of sp³-hybridized carbons (Fsp3) is 0.500. The largest absolute Gasteiger partial charge is 0.466 e. The summed E-state index contributed by atoms with van der Waals surface area (Å²) in [6.07, 6.45) is 5.63. The highest BCUT2D eigenvalue weighted by Crippen LogP contribution is 2.21. The highest BCUT2D eigenvalue weighted by Gasteiger charge is 2.14. The van der Waals surface area contributed by atoms with Crippen molar-refractivity contribution in [3.05, 3.63) is 41.9 Å². The zero-order valence-corrected chi connectivity index (χ0v) is 11.5. The van der Waals surface area contributed by atoms with Crippen LogP contribution in [0.25, 0.3) is 0 Å². The molecule has 0 aliphatic rings. The van der Waals surface area contributed by atoms with Gasteiger partial charge in [-0.2, -0.15) is 0 Å². The number of imidazole rings is 1. The molecule has 0 saturated heterocycles. The molecule has 0 aliphatic carbocycles. The van der Waals surface area contributed by atoms with Crippen molar-refractivity contribution in [2.24, 2.45) is 0 Å². The molecule has 18 heavy (non-hydrogen) atoms. The van der Waals surface area contributed by atoms with Gasteiger partial charge in [0.25, 0.3) is 0 Å². The second-order valence-electron chi connectivity index (χ2n) is 4.92. The van der Waals surface area contributed by atoms with Gasteiger partial charge in [-0.3, -0.25) is 0 Å². The van der Waals surface area contributed by atoms with Crippen LogP contribution in [0, 0.1) is 13.8 Å². The van der Waals surface area contributed by atoms with Crippen molar-refractivity contribution < 1.29 is 4.42 Å². The average Bonchev–Trinajstić information content (AvgIpc) is 2.88. The predicted octanol–water partition coefficient (Wildman–Crippen LogP) is 2.83. The topological polar surface area (TPSA) is 43.0 Å². The average molecular weight is 247 g/mol. The lowest BCUT2D eigenvalue weighted by molar-refractivity contribution is 0.423. The smallest absolute Gasteiger partial charge is 0.105 e. The lowest BCUT2D eigenvalue weighted by Crippen LogP contribution is -2.32. The van der Waals surface area contributed by atoms with Crippen molar-refractivity contribution in [3.63, 3.8) is 0 Å². The van der Waals surface area contributed by atoms with Gasteiger partial charge >= 0.3 is 0 Å². The minimum Gasteiger partial charge on any atom is -0.466 e. The van der Waals surface area contributed by atoms with Crippen molar-refractivity contribution in [2.75, 3.05) is 0 Å². The van der Waals surface area contributed by atoms with Gasteiger partial charge in [-0.05, 0) is 33.8 Å². The fourth-order valence-corrected chi connectivity index (χ4v) is 2.36. The Balaban J connectivity index is 1.94. The predicted molar refractivity (Wildman–Crippen MR) is 71.4 cm³/mol. The summed E-state index contributed by atoms with van der Waals surface area (Å²) in [4.78, 5) is 4.05. The van der Waals surface area contributed by atoms with E-state index in [1.54, 1.807) is 6.20 Å². The van der Waals surface area contributed by atoms with Crippen LogP contribution in [0.5, 0.6) is 0 Å². The molecule has 4 nitrogen and oxygen atoms in total. The Morgan fingerprint density at radius 2 is 2.17 bits per heavy atom. The van der Waals surface area contributed by atoms with Crippen LogP contribution in [0.1, 0.15) is 37.0 Å². The van der Waals surface area contributed by atoms with E-state index in [0.29, 0.717) is 12.1 Å². The van der Waals surface area contributed by atoms with Gasteiger partial charge in [-0.1, -0.05) is 0 Å². The lowest BCUT2D eigenvalue weighted by Gasteiger charge is -2.20. The highest BCUT2D eigenvalue weighted by molar-refractivity contribution is 5.23. The van der Waals surface area contributed by atoms with E-state index in [2.05, 4.69) is 34.8 Å². The molecule has 2 unspecified atom stereocenters. The normalized spacial score (nSPS) is 14.7. The molecular weight excluding hydrogens is 226 g/mol. The standard InChI is InChI=1S/C14H21N3O/c1-10(8-17-6-5-15-9-17)16-12(3)14-7-11(2)18-13(14)4/h5-7,9-10,12,16H,8H2,1-4H3. The number of furan rings is 1. The van der Waals surface area contributed by atoms with Gasteiger partial charge in [0.05, 0.1) is 6.33 Å². The number of aryl methyl sites for hydroxylation is 2. The Kier molecular flexibility index (Phi) is 3.87. The molecule has 2 aromatic rings. The summed E-state index contributed by atoms with van der Waals surface area (Å²) in [7, 11) is 0. The number of nitrogens with one attached hydrogen (secondary N) is 1. The van der Waals surface area contributed by atoms with Crippen molar-refractivity contribution in [1.82, 2.24) is 14.9 Å². The molecule has 0 spiro atoms. The van der Waals surface area contributed by atoms with Gasteiger partial charge in [0.15, 0.2) is 0 Å². The van der Waals surface area contributed by atoms with E-state index < -0.39 is 0 Å². The molecule has 0 aliphatic heterocycles. The molecule has 0 aromatic carbocycles. The van der Waals surface area contributed by atoms with Gasteiger partial charge in [0.1, 0.15) is 11.5 Å². The zero-order valence-electron chi connectivity index (χ0n) is 11.5. The molecule has 4 heteroatoms. The first-order chi connectivity index (χ1) is 8.56. The number of rotatable bonds is 5.